The van der Waals surface area contributed by atoms with Gasteiger partial charge in [-0.15, -0.1) is 0 Å². The summed E-state index contributed by atoms with van der Waals surface area (Å²) in [5.74, 6) is 1.99. The van der Waals surface area contributed by atoms with Crippen LogP contribution in [0.2, 0.25) is 0 Å². The molecule has 0 radical (unpaired) electrons. The van der Waals surface area contributed by atoms with E-state index in [-0.39, 0.29) is 12.1 Å². The number of carbonyl (C=O) groups is 1. The highest BCUT2D eigenvalue weighted by molar-refractivity contribution is 5.76. The third kappa shape index (κ3) is 3.17. The molecule has 0 bridgehead atoms. The second kappa shape index (κ2) is 6.91. The number of hydrogen-bond donors (Lipinski definition) is 1. The molecule has 0 aliphatic carbocycles. The van der Waals surface area contributed by atoms with Crippen LogP contribution in [0.4, 0.5) is 4.79 Å². The van der Waals surface area contributed by atoms with E-state index in [1.165, 1.54) is 0 Å². The molecule has 0 saturated carbocycles. The van der Waals surface area contributed by atoms with Gasteiger partial charge in [0.15, 0.2) is 11.5 Å². The number of amides is 2. The fraction of sp³-hybridized carbons (Fsp3) is 0.632. The Hall–Kier alpha value is -1.91. The monoisotopic (exact) mass is 332 g/mol. The van der Waals surface area contributed by atoms with Crippen LogP contribution in [0.1, 0.15) is 50.3 Å². The molecule has 24 heavy (non-hydrogen) atoms. The molecule has 1 fully saturated rings. The quantitative estimate of drug-likeness (QED) is 0.919. The van der Waals surface area contributed by atoms with E-state index >= 15 is 0 Å². The van der Waals surface area contributed by atoms with Crippen LogP contribution < -0.4 is 14.8 Å². The number of hydrogen-bond acceptors (Lipinski definition) is 3. The maximum absolute atomic E-state index is 12.8. The summed E-state index contributed by atoms with van der Waals surface area (Å²) >= 11 is 0. The second-order valence-electron chi connectivity index (χ2n) is 7.17. The van der Waals surface area contributed by atoms with Gasteiger partial charge in [0, 0.05) is 24.6 Å². The second-order valence-corrected chi connectivity index (χ2v) is 7.17. The number of aryl methyl sites for hydroxylation is 1. The molecule has 2 heterocycles. The van der Waals surface area contributed by atoms with Gasteiger partial charge in [-0.05, 0) is 37.3 Å². The van der Waals surface area contributed by atoms with Crippen molar-refractivity contribution in [3.8, 4) is 11.5 Å². The topological polar surface area (TPSA) is 50.8 Å². The Balaban J connectivity index is 1.80. The Bertz CT molecular complexity index is 615. The zero-order valence-electron chi connectivity index (χ0n) is 15.1. The van der Waals surface area contributed by atoms with E-state index in [4.69, 9.17) is 9.47 Å². The highest BCUT2D eigenvalue weighted by Gasteiger charge is 2.33. The van der Waals surface area contributed by atoms with Gasteiger partial charge in [-0.3, -0.25) is 0 Å². The van der Waals surface area contributed by atoms with Crippen LogP contribution >= 0.6 is 0 Å². The van der Waals surface area contributed by atoms with Crippen LogP contribution in [0.15, 0.2) is 12.1 Å². The van der Waals surface area contributed by atoms with Gasteiger partial charge in [-0.1, -0.05) is 19.9 Å². The fourth-order valence-corrected chi connectivity index (χ4v) is 3.89. The third-order valence-corrected chi connectivity index (χ3v) is 5.10. The van der Waals surface area contributed by atoms with Crippen LogP contribution in [0.3, 0.4) is 0 Å². The van der Waals surface area contributed by atoms with Crippen molar-refractivity contribution in [2.24, 2.45) is 5.92 Å². The number of carbonyl (C=O) groups excluding carboxylic acids is 1. The van der Waals surface area contributed by atoms with E-state index < -0.39 is 0 Å². The van der Waals surface area contributed by atoms with Gasteiger partial charge in [-0.25, -0.2) is 4.79 Å². The Morgan fingerprint density at radius 2 is 2.17 bits per heavy atom. The molecular weight excluding hydrogens is 304 g/mol. The summed E-state index contributed by atoms with van der Waals surface area (Å²) in [6, 6.07) is 4.42. The summed E-state index contributed by atoms with van der Waals surface area (Å²) in [5, 5.41) is 3.23. The van der Waals surface area contributed by atoms with Crippen molar-refractivity contribution in [1.29, 1.82) is 0 Å². The van der Waals surface area contributed by atoms with Gasteiger partial charge in [-0.2, -0.15) is 0 Å². The van der Waals surface area contributed by atoms with Crippen LogP contribution in [-0.4, -0.2) is 37.2 Å². The summed E-state index contributed by atoms with van der Waals surface area (Å²) in [6.45, 7) is 7.85. The first-order valence-electron chi connectivity index (χ1n) is 8.89. The standard InChI is InChI=1S/C19H28N2O3/c1-12(2)16-6-5-8-21(16)19(22)20-15-7-9-24-18-14(15)10-13(3)11-17(18)23-4/h10-12,15-16H,5-9H2,1-4H3,(H,20,22)/t15-,16+/m0/s1. The van der Waals surface area contributed by atoms with Gasteiger partial charge in [0.2, 0.25) is 0 Å². The third-order valence-electron chi connectivity index (χ3n) is 5.10. The summed E-state index contributed by atoms with van der Waals surface area (Å²) in [7, 11) is 1.65. The lowest BCUT2D eigenvalue weighted by atomic mass is 9.98. The van der Waals surface area contributed by atoms with Crippen LogP contribution in [0.25, 0.3) is 0 Å². The molecule has 132 valence electrons. The van der Waals surface area contributed by atoms with E-state index in [0.717, 1.165) is 48.4 Å². The largest absolute Gasteiger partial charge is 0.493 e. The maximum atomic E-state index is 12.8. The number of nitrogens with zero attached hydrogens (tertiary/aromatic N) is 1. The molecule has 3 rings (SSSR count). The Kier molecular flexibility index (Phi) is 4.88. The lowest BCUT2D eigenvalue weighted by Gasteiger charge is -2.32. The number of fused-ring (bicyclic) bond motifs is 1. The van der Waals surface area contributed by atoms with Gasteiger partial charge < -0.3 is 19.7 Å². The zero-order valence-corrected chi connectivity index (χ0v) is 15.1. The average molecular weight is 332 g/mol. The lowest BCUT2D eigenvalue weighted by Crippen LogP contribution is -2.46. The van der Waals surface area contributed by atoms with Crippen molar-refractivity contribution in [3.63, 3.8) is 0 Å². The average Bonchev–Trinajstić information content (AvgIpc) is 3.04. The molecule has 0 spiro atoms. The summed E-state index contributed by atoms with van der Waals surface area (Å²) in [6.07, 6.45) is 2.97. The highest BCUT2D eigenvalue weighted by atomic mass is 16.5. The Morgan fingerprint density at radius 3 is 2.88 bits per heavy atom. The molecule has 2 amide bonds. The summed E-state index contributed by atoms with van der Waals surface area (Å²) < 4.78 is 11.3. The molecule has 2 aliphatic rings. The number of methoxy groups -OCH3 is 1. The molecule has 0 aromatic heterocycles. The van der Waals surface area contributed by atoms with Crippen molar-refractivity contribution < 1.29 is 14.3 Å². The number of ether oxygens (including phenoxy) is 2. The van der Waals surface area contributed by atoms with Crippen LogP contribution in [-0.2, 0) is 0 Å². The number of urea groups is 1. The van der Waals surface area contributed by atoms with Crippen LogP contribution in [0.5, 0.6) is 11.5 Å². The number of benzene rings is 1. The van der Waals surface area contributed by atoms with E-state index in [2.05, 4.69) is 25.2 Å². The van der Waals surface area contributed by atoms with Crippen molar-refractivity contribution in [2.45, 2.75) is 52.1 Å². The molecule has 5 heteroatoms. The van der Waals surface area contributed by atoms with Gasteiger partial charge in [0.05, 0.1) is 19.8 Å². The van der Waals surface area contributed by atoms with Crippen molar-refractivity contribution >= 4 is 6.03 Å². The minimum atomic E-state index is -0.0246. The smallest absolute Gasteiger partial charge is 0.318 e. The Morgan fingerprint density at radius 1 is 1.38 bits per heavy atom. The van der Waals surface area contributed by atoms with Crippen molar-refractivity contribution in [3.05, 3.63) is 23.3 Å². The predicted octanol–water partition coefficient (Wildman–Crippen LogP) is 3.66. The Labute approximate surface area is 144 Å². The molecule has 1 aromatic carbocycles. The molecule has 1 N–H and O–H groups in total. The van der Waals surface area contributed by atoms with Gasteiger partial charge in [0.25, 0.3) is 0 Å². The van der Waals surface area contributed by atoms with Gasteiger partial charge in [0.1, 0.15) is 0 Å². The molecular formula is C19H28N2O3. The normalized spacial score (nSPS) is 23.0. The number of likely N-dealkylation sites (tertiary alicyclic amines) is 1. The lowest BCUT2D eigenvalue weighted by molar-refractivity contribution is 0.169. The van der Waals surface area contributed by atoms with E-state index in [0.29, 0.717) is 18.6 Å². The maximum Gasteiger partial charge on any atom is 0.318 e. The van der Waals surface area contributed by atoms with E-state index in [1.807, 2.05) is 17.9 Å². The summed E-state index contributed by atoms with van der Waals surface area (Å²) in [5.41, 5.74) is 2.13. The number of rotatable bonds is 3. The van der Waals surface area contributed by atoms with E-state index in [1.54, 1.807) is 7.11 Å². The molecule has 2 atom stereocenters. The van der Waals surface area contributed by atoms with Gasteiger partial charge >= 0.3 is 6.03 Å². The molecule has 0 unspecified atom stereocenters. The first-order valence-corrected chi connectivity index (χ1v) is 8.89. The highest BCUT2D eigenvalue weighted by Crippen LogP contribution is 2.40. The molecule has 2 aliphatic heterocycles. The van der Waals surface area contributed by atoms with Crippen molar-refractivity contribution in [1.82, 2.24) is 10.2 Å². The van der Waals surface area contributed by atoms with Crippen molar-refractivity contribution in [2.75, 3.05) is 20.3 Å². The minimum absolute atomic E-state index is 0.0246. The summed E-state index contributed by atoms with van der Waals surface area (Å²) in [4.78, 5) is 14.8. The fourth-order valence-electron chi connectivity index (χ4n) is 3.89. The van der Waals surface area contributed by atoms with E-state index in [9.17, 15) is 4.79 Å². The number of nitrogens with one attached hydrogen (secondary N) is 1. The SMILES string of the molecule is COc1cc(C)cc2c1OCC[C@@H]2NC(=O)N1CCC[C@@H]1C(C)C. The molecule has 5 nitrogen and oxygen atoms in total. The first-order chi connectivity index (χ1) is 11.5. The minimum Gasteiger partial charge on any atom is -0.493 e. The first kappa shape index (κ1) is 16.9. The predicted molar refractivity (Wildman–Crippen MR) is 93.7 cm³/mol. The van der Waals surface area contributed by atoms with Crippen LogP contribution in [0, 0.1) is 12.8 Å². The zero-order chi connectivity index (χ0) is 17.3. The molecule has 1 aromatic rings. The molecule has 1 saturated heterocycles.